The molecule has 4 N–H and O–H groups in total. The fourth-order valence-corrected chi connectivity index (χ4v) is 4.24. The number of ether oxygens (including phenoxy) is 1. The van der Waals surface area contributed by atoms with Gasteiger partial charge in [-0.25, -0.2) is 0 Å². The highest BCUT2D eigenvalue weighted by atomic mass is 16.5. The molecule has 6 heteroatoms. The van der Waals surface area contributed by atoms with E-state index in [4.69, 9.17) is 21.3 Å². The van der Waals surface area contributed by atoms with Gasteiger partial charge in [0.25, 0.3) is 0 Å². The molecule has 2 aromatic rings. The third-order valence-corrected chi connectivity index (χ3v) is 5.84. The topological polar surface area (TPSA) is 91.1 Å². The number of benzene rings is 1. The summed E-state index contributed by atoms with van der Waals surface area (Å²) in [6.07, 6.45) is 6.64. The highest BCUT2D eigenvalue weighted by Crippen LogP contribution is 2.37. The number of nitrogens with two attached hydrogens (primary N) is 1. The maximum Gasteiger partial charge on any atom is 0.137 e. The molecule has 1 fully saturated rings. The Labute approximate surface area is 166 Å². The van der Waals surface area contributed by atoms with Gasteiger partial charge in [-0.2, -0.15) is 0 Å². The summed E-state index contributed by atoms with van der Waals surface area (Å²) in [5.74, 6) is 1.13. The smallest absolute Gasteiger partial charge is 0.137 e. The molecule has 1 aliphatic heterocycles. The van der Waals surface area contributed by atoms with Crippen LogP contribution in [0.15, 0.2) is 42.6 Å². The molecule has 28 heavy (non-hydrogen) atoms. The summed E-state index contributed by atoms with van der Waals surface area (Å²) in [5, 5.41) is 16.6. The van der Waals surface area contributed by atoms with Crippen molar-refractivity contribution in [3.8, 4) is 5.75 Å². The highest BCUT2D eigenvalue weighted by molar-refractivity contribution is 5.81. The Balaban J connectivity index is 1.49. The van der Waals surface area contributed by atoms with Crippen LogP contribution >= 0.6 is 0 Å². The molecule has 2 aliphatic rings. The Morgan fingerprint density at radius 3 is 2.61 bits per heavy atom. The average molecular weight is 380 g/mol. The lowest BCUT2D eigenvalue weighted by Crippen LogP contribution is -2.30. The molecular formula is C22H29N5O. The summed E-state index contributed by atoms with van der Waals surface area (Å²) >= 11 is 0. The van der Waals surface area contributed by atoms with Gasteiger partial charge in [-0.15, -0.1) is 0 Å². The Morgan fingerprint density at radius 1 is 1.07 bits per heavy atom. The zero-order valence-corrected chi connectivity index (χ0v) is 16.2. The highest BCUT2D eigenvalue weighted by Gasteiger charge is 2.26. The van der Waals surface area contributed by atoms with Crippen LogP contribution in [0.2, 0.25) is 0 Å². The molecule has 1 saturated heterocycles. The van der Waals surface area contributed by atoms with Crippen molar-refractivity contribution in [3.05, 3.63) is 59.2 Å². The molecule has 1 aromatic heterocycles. The van der Waals surface area contributed by atoms with Gasteiger partial charge in [-0.3, -0.25) is 15.4 Å². The molecule has 148 valence electrons. The van der Waals surface area contributed by atoms with Crippen LogP contribution in [0.4, 0.5) is 0 Å². The molecule has 0 radical (unpaired) electrons. The van der Waals surface area contributed by atoms with E-state index >= 15 is 0 Å². The van der Waals surface area contributed by atoms with Crippen LogP contribution in [0.25, 0.3) is 0 Å². The van der Waals surface area contributed by atoms with Gasteiger partial charge in [0.1, 0.15) is 23.2 Å². The van der Waals surface area contributed by atoms with Crippen LogP contribution in [-0.4, -0.2) is 34.9 Å². The van der Waals surface area contributed by atoms with E-state index in [-0.39, 0.29) is 12.1 Å². The van der Waals surface area contributed by atoms with Crippen LogP contribution in [0.1, 0.15) is 55.4 Å². The van der Waals surface area contributed by atoms with Gasteiger partial charge in [0.2, 0.25) is 0 Å². The van der Waals surface area contributed by atoms with Gasteiger partial charge >= 0.3 is 0 Å². The van der Waals surface area contributed by atoms with Crippen LogP contribution in [0.5, 0.6) is 5.75 Å². The van der Waals surface area contributed by atoms with Crippen LogP contribution < -0.4 is 16.0 Å². The normalized spacial score (nSPS) is 22.0. The molecule has 4 rings (SSSR count). The standard InChI is InChI=1S/C22H29N5O/c23-19-8-9-20(18-6-2-1-5-17(18)19)28-16-7-10-21(24)27(15-16)22(25)11-14-26-12-3-4-13-26/h1-2,5-7,10,15,19-20,24-25H,3-4,8-9,11-14,23H2. The predicted molar refractivity (Wildman–Crippen MR) is 110 cm³/mol. The molecule has 0 saturated carbocycles. The molecule has 2 unspecified atom stereocenters. The molecule has 0 bridgehead atoms. The molecule has 2 heterocycles. The zero-order chi connectivity index (χ0) is 19.5. The first-order valence-corrected chi connectivity index (χ1v) is 10.2. The minimum absolute atomic E-state index is 0.0418. The van der Waals surface area contributed by atoms with Crippen molar-refractivity contribution in [2.75, 3.05) is 19.6 Å². The largest absolute Gasteiger partial charge is 0.484 e. The van der Waals surface area contributed by atoms with E-state index in [2.05, 4.69) is 17.0 Å². The number of nitrogens with one attached hydrogen (secondary N) is 2. The average Bonchev–Trinajstić information content (AvgIpc) is 3.23. The zero-order valence-electron chi connectivity index (χ0n) is 16.2. The fraction of sp³-hybridized carbons (Fsp3) is 0.455. The second kappa shape index (κ2) is 8.29. The maximum absolute atomic E-state index is 8.44. The maximum atomic E-state index is 8.44. The summed E-state index contributed by atoms with van der Waals surface area (Å²) in [6, 6.07) is 11.8. The van der Waals surface area contributed by atoms with Gasteiger partial charge in [0.05, 0.1) is 6.20 Å². The van der Waals surface area contributed by atoms with E-state index < -0.39 is 0 Å². The molecule has 2 atom stereocenters. The van der Waals surface area contributed by atoms with E-state index in [1.165, 1.54) is 12.8 Å². The van der Waals surface area contributed by atoms with Gasteiger partial charge in [0.15, 0.2) is 0 Å². The number of nitrogens with zero attached hydrogens (tertiary/aromatic N) is 2. The minimum Gasteiger partial charge on any atom is -0.484 e. The summed E-state index contributed by atoms with van der Waals surface area (Å²) in [5.41, 5.74) is 8.86. The summed E-state index contributed by atoms with van der Waals surface area (Å²) in [6.45, 7) is 3.13. The third kappa shape index (κ3) is 4.03. The number of fused-ring (bicyclic) bond motifs is 1. The first-order valence-electron chi connectivity index (χ1n) is 10.2. The van der Waals surface area contributed by atoms with Gasteiger partial charge in [0, 0.05) is 19.0 Å². The minimum atomic E-state index is -0.0418. The number of aromatic nitrogens is 1. The number of pyridine rings is 1. The summed E-state index contributed by atoms with van der Waals surface area (Å²) < 4.78 is 7.92. The monoisotopic (exact) mass is 379 g/mol. The van der Waals surface area contributed by atoms with Crippen molar-refractivity contribution < 1.29 is 4.74 Å². The Kier molecular flexibility index (Phi) is 5.59. The number of likely N-dealkylation sites (tertiary alicyclic amines) is 1. The number of hydrogen-bond donors (Lipinski definition) is 3. The molecule has 0 spiro atoms. The number of rotatable bonds is 5. The van der Waals surface area contributed by atoms with E-state index in [1.54, 1.807) is 16.8 Å². The summed E-state index contributed by atoms with van der Waals surface area (Å²) in [4.78, 5) is 2.39. The molecule has 1 aliphatic carbocycles. The van der Waals surface area contributed by atoms with Crippen LogP contribution in [-0.2, 0) is 0 Å². The predicted octanol–water partition coefficient (Wildman–Crippen LogP) is 3.19. The Hall–Kier alpha value is -2.44. The van der Waals surface area contributed by atoms with Crippen molar-refractivity contribution in [1.29, 1.82) is 10.8 Å². The SMILES string of the molecule is N=C(CCN1CCCC1)n1cc(OC2CCC(N)c3ccccc32)ccc1=N. The lowest BCUT2D eigenvalue weighted by Gasteiger charge is -2.30. The van der Waals surface area contributed by atoms with Crippen LogP contribution in [0.3, 0.4) is 0 Å². The molecule has 0 amide bonds. The quantitative estimate of drug-likeness (QED) is 0.550. The van der Waals surface area contributed by atoms with Crippen LogP contribution in [0, 0.1) is 10.8 Å². The van der Waals surface area contributed by atoms with Gasteiger partial charge < -0.3 is 15.4 Å². The van der Waals surface area contributed by atoms with E-state index in [1.807, 2.05) is 18.2 Å². The Morgan fingerprint density at radius 2 is 1.82 bits per heavy atom. The lowest BCUT2D eigenvalue weighted by atomic mass is 9.86. The third-order valence-electron chi connectivity index (χ3n) is 5.84. The van der Waals surface area contributed by atoms with E-state index in [0.29, 0.717) is 23.5 Å². The van der Waals surface area contributed by atoms with Crippen molar-refractivity contribution in [2.45, 2.75) is 44.2 Å². The van der Waals surface area contributed by atoms with Crippen molar-refractivity contribution >= 4 is 5.84 Å². The van der Waals surface area contributed by atoms with Gasteiger partial charge in [-0.1, -0.05) is 24.3 Å². The number of hydrogen-bond acceptors (Lipinski definition) is 5. The van der Waals surface area contributed by atoms with Gasteiger partial charge in [-0.05, 0) is 62.0 Å². The van der Waals surface area contributed by atoms with Crippen molar-refractivity contribution in [2.24, 2.45) is 5.73 Å². The van der Waals surface area contributed by atoms with E-state index in [9.17, 15) is 0 Å². The second-order valence-corrected chi connectivity index (χ2v) is 7.78. The van der Waals surface area contributed by atoms with E-state index in [0.717, 1.165) is 43.6 Å². The molecular weight excluding hydrogens is 350 g/mol. The lowest BCUT2D eigenvalue weighted by molar-refractivity contribution is 0.176. The van der Waals surface area contributed by atoms with Crippen molar-refractivity contribution in [1.82, 2.24) is 9.47 Å². The second-order valence-electron chi connectivity index (χ2n) is 7.78. The molecule has 1 aromatic carbocycles. The first kappa shape index (κ1) is 18.9. The summed E-state index contributed by atoms with van der Waals surface area (Å²) in [7, 11) is 0. The Bertz CT molecular complexity index is 900. The molecule has 6 nitrogen and oxygen atoms in total. The first-order chi connectivity index (χ1) is 13.6. The van der Waals surface area contributed by atoms with Crippen molar-refractivity contribution in [3.63, 3.8) is 0 Å². The fourth-order valence-electron chi connectivity index (χ4n) is 4.24.